The van der Waals surface area contributed by atoms with Crippen molar-refractivity contribution in [2.75, 3.05) is 54.0 Å². The van der Waals surface area contributed by atoms with Crippen molar-refractivity contribution < 1.29 is 40.4 Å². The van der Waals surface area contributed by atoms with Crippen molar-refractivity contribution >= 4 is 10.1 Å². The van der Waals surface area contributed by atoms with E-state index in [4.69, 9.17) is 9.47 Å². The summed E-state index contributed by atoms with van der Waals surface area (Å²) < 4.78 is 80.5. The lowest BCUT2D eigenvalue weighted by Gasteiger charge is -2.20. The SMILES string of the molecule is CN(C)CCOc1ccnc(-c2nc3c(c(OS(=O)(=O)C(F)(F)F)n2)CC(CN(C)CCOc2ccnc(-c4nc(O)c5c(n4)CCC5)c2)C3)c1. The van der Waals surface area contributed by atoms with Crippen LogP contribution in [0.3, 0.4) is 0 Å². The lowest BCUT2D eigenvalue weighted by atomic mass is 10.1. The van der Waals surface area contributed by atoms with Gasteiger partial charge in [-0.05, 0) is 71.3 Å². The molecular weight excluding hydrogens is 693 g/mol. The third-order valence-corrected chi connectivity index (χ3v) is 9.40. The van der Waals surface area contributed by atoms with Crippen molar-refractivity contribution in [2.45, 2.75) is 37.6 Å². The van der Waals surface area contributed by atoms with Gasteiger partial charge in [-0.1, -0.05) is 0 Å². The van der Waals surface area contributed by atoms with Crippen LogP contribution in [0.4, 0.5) is 13.2 Å². The second kappa shape index (κ2) is 14.9. The van der Waals surface area contributed by atoms with Crippen LogP contribution in [-0.4, -0.2) is 113 Å². The maximum absolute atomic E-state index is 13.4. The van der Waals surface area contributed by atoms with Crippen molar-refractivity contribution in [1.29, 1.82) is 0 Å². The molecule has 1 atom stereocenters. The zero-order valence-electron chi connectivity index (χ0n) is 28.2. The Balaban J connectivity index is 1.12. The van der Waals surface area contributed by atoms with Crippen LogP contribution in [0.25, 0.3) is 23.0 Å². The molecule has 0 spiro atoms. The number of hydrogen-bond acceptors (Lipinski definition) is 14. The summed E-state index contributed by atoms with van der Waals surface area (Å²) in [6, 6.07) is 6.57. The molecule has 2 aliphatic carbocycles. The summed E-state index contributed by atoms with van der Waals surface area (Å²) in [5, 5.41) is 10.3. The van der Waals surface area contributed by atoms with Crippen LogP contribution in [-0.2, 0) is 35.8 Å². The Labute approximate surface area is 292 Å². The van der Waals surface area contributed by atoms with Crippen LogP contribution in [0.1, 0.15) is 28.9 Å². The molecular formula is C33H37F3N8O6S. The Morgan fingerprint density at radius 2 is 1.47 bits per heavy atom. The predicted octanol–water partition coefficient (Wildman–Crippen LogP) is 3.48. The van der Waals surface area contributed by atoms with Gasteiger partial charge in [-0.2, -0.15) is 31.6 Å². The summed E-state index contributed by atoms with van der Waals surface area (Å²) in [6.07, 6.45) is 6.02. The smallest absolute Gasteiger partial charge is 0.493 e. The molecule has 6 rings (SSSR count). The Hall–Kier alpha value is -4.68. The number of nitrogens with zero attached hydrogens (tertiary/aromatic N) is 8. The minimum absolute atomic E-state index is 0.0224. The Morgan fingerprint density at radius 3 is 2.12 bits per heavy atom. The molecule has 4 aromatic heterocycles. The third kappa shape index (κ3) is 8.62. The number of fused-ring (bicyclic) bond motifs is 2. The molecule has 2 aliphatic rings. The van der Waals surface area contributed by atoms with Gasteiger partial charge in [-0.15, -0.1) is 0 Å². The zero-order chi connectivity index (χ0) is 36.3. The minimum atomic E-state index is -6.00. The fraction of sp³-hybridized carbons (Fsp3) is 0.455. The van der Waals surface area contributed by atoms with E-state index in [1.807, 2.05) is 30.9 Å². The standard InChI is InChI=1S/C33H37F3N8O6S/c1-43(2)11-13-48-21-7-10-38-28(18-21)30-40-26-16-20(15-24(26)32(42-30)50-51(46,47)33(34,35)36)19-44(3)12-14-49-22-8-9-37-27(17-22)29-39-25-6-4-5-23(25)31(45)41-29/h7-10,17-18,20H,4-6,11-16,19H2,1-3H3,(H,39,41,45). The quantitative estimate of drug-likeness (QED) is 0.148. The fourth-order valence-corrected chi connectivity index (χ4v) is 6.39. The normalized spacial score (nSPS) is 15.6. The van der Waals surface area contributed by atoms with Gasteiger partial charge in [0.1, 0.15) is 36.1 Å². The molecule has 4 heterocycles. The molecule has 0 aromatic carbocycles. The maximum Gasteiger partial charge on any atom is 0.534 e. The van der Waals surface area contributed by atoms with Crippen LogP contribution in [0, 0.1) is 5.92 Å². The first kappa shape index (κ1) is 36.1. The van der Waals surface area contributed by atoms with Gasteiger partial charge in [0.15, 0.2) is 11.6 Å². The predicted molar refractivity (Wildman–Crippen MR) is 178 cm³/mol. The van der Waals surface area contributed by atoms with Crippen molar-refractivity contribution in [3.05, 3.63) is 59.2 Å². The summed E-state index contributed by atoms with van der Waals surface area (Å²) >= 11 is 0. The van der Waals surface area contributed by atoms with Gasteiger partial charge in [-0.3, -0.25) is 9.97 Å². The molecule has 0 saturated carbocycles. The van der Waals surface area contributed by atoms with E-state index in [0.717, 1.165) is 30.5 Å². The zero-order valence-corrected chi connectivity index (χ0v) is 29.0. The van der Waals surface area contributed by atoms with Gasteiger partial charge in [0.2, 0.25) is 11.8 Å². The van der Waals surface area contributed by atoms with Gasteiger partial charge >= 0.3 is 15.6 Å². The van der Waals surface area contributed by atoms with Crippen LogP contribution in [0.15, 0.2) is 36.7 Å². The topological polar surface area (TPSA) is 166 Å². The van der Waals surface area contributed by atoms with Crippen LogP contribution >= 0.6 is 0 Å². The third-order valence-electron chi connectivity index (χ3n) is 8.45. The Kier molecular flexibility index (Phi) is 10.5. The number of aryl methyl sites for hydroxylation is 1. The molecule has 51 heavy (non-hydrogen) atoms. The average molecular weight is 731 g/mol. The highest BCUT2D eigenvalue weighted by molar-refractivity contribution is 7.88. The lowest BCUT2D eigenvalue weighted by molar-refractivity contribution is -0.0501. The Morgan fingerprint density at radius 1 is 0.843 bits per heavy atom. The van der Waals surface area contributed by atoms with Crippen LogP contribution < -0.4 is 13.7 Å². The number of alkyl halides is 3. The molecule has 14 nitrogen and oxygen atoms in total. The molecule has 0 amide bonds. The molecule has 0 bridgehead atoms. The van der Waals surface area contributed by atoms with Crippen molar-refractivity contribution in [1.82, 2.24) is 39.7 Å². The monoisotopic (exact) mass is 730 g/mol. The number of rotatable bonds is 14. The number of likely N-dealkylation sites (N-methyl/N-ethyl adjacent to an activating group) is 2. The molecule has 4 aromatic rings. The lowest BCUT2D eigenvalue weighted by Crippen LogP contribution is -2.30. The number of aromatic hydroxyl groups is 1. The molecule has 0 fully saturated rings. The highest BCUT2D eigenvalue weighted by Gasteiger charge is 2.49. The average Bonchev–Trinajstić information content (AvgIpc) is 3.72. The second-order valence-electron chi connectivity index (χ2n) is 12.7. The Bertz CT molecular complexity index is 2000. The van der Waals surface area contributed by atoms with E-state index in [1.165, 1.54) is 12.3 Å². The molecule has 1 N–H and O–H groups in total. The minimum Gasteiger partial charge on any atom is -0.493 e. The van der Waals surface area contributed by atoms with E-state index >= 15 is 0 Å². The molecule has 18 heteroatoms. The second-order valence-corrected chi connectivity index (χ2v) is 14.2. The van der Waals surface area contributed by atoms with Gasteiger partial charge in [0, 0.05) is 55.3 Å². The van der Waals surface area contributed by atoms with Gasteiger partial charge < -0.3 is 28.6 Å². The van der Waals surface area contributed by atoms with Crippen LogP contribution in [0.5, 0.6) is 23.3 Å². The van der Waals surface area contributed by atoms with E-state index in [9.17, 15) is 26.7 Å². The summed E-state index contributed by atoms with van der Waals surface area (Å²) in [6.45, 7) is 2.31. The van der Waals surface area contributed by atoms with Crippen molar-refractivity contribution in [3.8, 4) is 46.3 Å². The summed E-state index contributed by atoms with van der Waals surface area (Å²) in [7, 11) is -0.330. The van der Waals surface area contributed by atoms with Crippen LogP contribution in [0.2, 0.25) is 0 Å². The number of ether oxygens (including phenoxy) is 2. The molecule has 0 aliphatic heterocycles. The molecule has 0 saturated heterocycles. The first-order valence-corrected chi connectivity index (χ1v) is 17.7. The van der Waals surface area contributed by atoms with Crippen molar-refractivity contribution in [2.24, 2.45) is 5.92 Å². The van der Waals surface area contributed by atoms with E-state index in [0.29, 0.717) is 68.0 Å². The first-order chi connectivity index (χ1) is 24.3. The summed E-state index contributed by atoms with van der Waals surface area (Å²) in [5.74, 6) is 0.404. The molecule has 1 unspecified atom stereocenters. The number of aromatic nitrogens is 6. The molecule has 272 valence electrons. The van der Waals surface area contributed by atoms with E-state index < -0.39 is 21.5 Å². The van der Waals surface area contributed by atoms with Gasteiger partial charge in [0.25, 0.3) is 0 Å². The fourth-order valence-electron chi connectivity index (χ4n) is 5.95. The summed E-state index contributed by atoms with van der Waals surface area (Å²) in [5.41, 5.74) is -2.80. The molecule has 0 radical (unpaired) electrons. The highest BCUT2D eigenvalue weighted by Crippen LogP contribution is 2.37. The maximum atomic E-state index is 13.4. The first-order valence-electron chi connectivity index (χ1n) is 16.3. The van der Waals surface area contributed by atoms with E-state index in [-0.39, 0.29) is 35.3 Å². The summed E-state index contributed by atoms with van der Waals surface area (Å²) in [4.78, 5) is 30.0. The number of pyridine rings is 2. The van der Waals surface area contributed by atoms with E-state index in [1.54, 1.807) is 24.4 Å². The highest BCUT2D eigenvalue weighted by atomic mass is 32.2. The van der Waals surface area contributed by atoms with E-state index in [2.05, 4.69) is 34.1 Å². The van der Waals surface area contributed by atoms with Gasteiger partial charge in [0.05, 0.1) is 11.4 Å². The largest absolute Gasteiger partial charge is 0.534 e. The number of halogens is 3. The van der Waals surface area contributed by atoms with Crippen molar-refractivity contribution in [3.63, 3.8) is 0 Å². The van der Waals surface area contributed by atoms with Gasteiger partial charge in [-0.25, -0.2) is 9.97 Å². The number of hydrogen-bond donors (Lipinski definition) is 1.